The van der Waals surface area contributed by atoms with Crippen molar-refractivity contribution in [1.82, 2.24) is 4.90 Å². The van der Waals surface area contributed by atoms with Crippen molar-refractivity contribution in [3.63, 3.8) is 0 Å². The summed E-state index contributed by atoms with van der Waals surface area (Å²) in [6.45, 7) is 3.33. The Labute approximate surface area is 202 Å². The molecule has 0 aliphatic heterocycles. The zero-order chi connectivity index (χ0) is 23.9. The van der Waals surface area contributed by atoms with Gasteiger partial charge in [-0.2, -0.15) is 25.3 Å². The molecule has 0 aromatic heterocycles. The molecule has 0 amide bonds. The number of aliphatic hydroxyl groups excluding tert-OH is 5. The second kappa shape index (κ2) is 16.6. The zero-order valence-corrected chi connectivity index (χ0v) is 20.6. The molecule has 0 aliphatic carbocycles. The van der Waals surface area contributed by atoms with Crippen LogP contribution in [0.2, 0.25) is 0 Å². The first-order valence-electron chi connectivity index (χ1n) is 11.1. The second-order valence-corrected chi connectivity index (χ2v) is 8.44. The topological polar surface area (TPSA) is 114 Å². The van der Waals surface area contributed by atoms with Crippen molar-refractivity contribution in [3.8, 4) is 5.75 Å². The van der Waals surface area contributed by atoms with Crippen LogP contribution in [0.5, 0.6) is 5.75 Å². The van der Waals surface area contributed by atoms with Crippen LogP contribution in [-0.2, 0) is 11.5 Å². The van der Waals surface area contributed by atoms with Crippen molar-refractivity contribution >= 4 is 25.3 Å². The summed E-state index contributed by atoms with van der Waals surface area (Å²) in [6.07, 6.45) is 1.07. The maximum atomic E-state index is 10.4. The van der Waals surface area contributed by atoms with Crippen molar-refractivity contribution < 1.29 is 30.3 Å². The van der Waals surface area contributed by atoms with Crippen molar-refractivity contribution in [1.29, 1.82) is 0 Å². The van der Waals surface area contributed by atoms with Gasteiger partial charge in [-0.05, 0) is 42.3 Å². The van der Waals surface area contributed by atoms with Gasteiger partial charge < -0.3 is 30.3 Å². The summed E-state index contributed by atoms with van der Waals surface area (Å²) < 4.78 is 5.90. The summed E-state index contributed by atoms with van der Waals surface area (Å²) in [7, 11) is 0. The van der Waals surface area contributed by atoms with Crippen LogP contribution >= 0.6 is 25.3 Å². The van der Waals surface area contributed by atoms with Gasteiger partial charge in [-0.3, -0.25) is 4.90 Å². The Morgan fingerprint density at radius 3 is 2.41 bits per heavy atom. The lowest BCUT2D eigenvalue weighted by Crippen LogP contribution is -2.42. The minimum atomic E-state index is -1.55. The van der Waals surface area contributed by atoms with Crippen LogP contribution < -0.4 is 4.74 Å². The molecule has 0 radical (unpaired) electrons. The standard InChI is InChI=1S/C23H39NO6S2/c1-2-3-4-5-8-24(13-22(28)23(29)21(27)12-19(26)14-25)9-10-30-20-7-6-17(15-31)18(11-20)16-32/h6-7,11-12,19,22-23,25-29,31-32H,2-5,8-10,13-16H2,1H3/t19-,22-,23-/m0/s1. The van der Waals surface area contributed by atoms with Gasteiger partial charge in [0.05, 0.1) is 18.8 Å². The number of aliphatic hydroxyl groups is 5. The summed E-state index contributed by atoms with van der Waals surface area (Å²) in [5.41, 5.74) is 2.19. The molecular weight excluding hydrogens is 450 g/mol. The molecule has 5 N–H and O–H groups in total. The second-order valence-electron chi connectivity index (χ2n) is 7.81. The quantitative estimate of drug-likeness (QED) is 0.102. The van der Waals surface area contributed by atoms with Gasteiger partial charge in [0.25, 0.3) is 0 Å². The summed E-state index contributed by atoms with van der Waals surface area (Å²) in [4.78, 5) is 1.99. The van der Waals surface area contributed by atoms with Crippen LogP contribution in [0.3, 0.4) is 0 Å². The highest BCUT2D eigenvalue weighted by molar-refractivity contribution is 7.79. The number of rotatable bonds is 17. The van der Waals surface area contributed by atoms with Crippen molar-refractivity contribution in [2.75, 3.05) is 32.8 Å². The molecule has 0 saturated heterocycles. The molecule has 1 aromatic rings. The molecule has 0 spiro atoms. The van der Waals surface area contributed by atoms with E-state index in [1.54, 1.807) is 0 Å². The predicted molar refractivity (Wildman–Crippen MR) is 134 cm³/mol. The fourth-order valence-electron chi connectivity index (χ4n) is 3.25. The molecule has 0 unspecified atom stereocenters. The summed E-state index contributed by atoms with van der Waals surface area (Å²) in [6, 6.07) is 5.84. The Bertz CT molecular complexity index is 676. The van der Waals surface area contributed by atoms with E-state index >= 15 is 0 Å². The lowest BCUT2D eigenvalue weighted by molar-refractivity contribution is -0.00598. The molecule has 7 nitrogen and oxygen atoms in total. The van der Waals surface area contributed by atoms with Gasteiger partial charge in [0.2, 0.25) is 0 Å². The number of benzene rings is 1. The zero-order valence-electron chi connectivity index (χ0n) is 18.8. The van der Waals surface area contributed by atoms with Crippen LogP contribution in [0, 0.1) is 0 Å². The van der Waals surface area contributed by atoms with E-state index in [0.717, 1.165) is 55.2 Å². The molecular formula is C23H39NO6S2. The van der Waals surface area contributed by atoms with Crippen LogP contribution in [0.4, 0.5) is 0 Å². The summed E-state index contributed by atoms with van der Waals surface area (Å²) in [5, 5.41) is 48.7. The molecule has 0 saturated carbocycles. The predicted octanol–water partition coefficient (Wildman–Crippen LogP) is 2.32. The SMILES string of the molecule is CCCCCCN(CCOc1ccc(CS)c(CS)c1)C[C@H](O)[C@@H](O)C(O)=C[C@H](O)CO. The Balaban J connectivity index is 2.70. The summed E-state index contributed by atoms with van der Waals surface area (Å²) >= 11 is 8.68. The van der Waals surface area contributed by atoms with E-state index in [0.29, 0.717) is 24.7 Å². The third-order valence-corrected chi connectivity index (χ3v) is 5.87. The first-order chi connectivity index (χ1) is 15.4. The highest BCUT2D eigenvalue weighted by Gasteiger charge is 2.23. The smallest absolute Gasteiger partial charge is 0.138 e. The van der Waals surface area contributed by atoms with E-state index in [1.165, 1.54) is 0 Å². The van der Waals surface area contributed by atoms with E-state index in [-0.39, 0.29) is 6.54 Å². The molecule has 1 aromatic carbocycles. The van der Waals surface area contributed by atoms with Gasteiger partial charge >= 0.3 is 0 Å². The number of hydrogen-bond acceptors (Lipinski definition) is 9. The largest absolute Gasteiger partial charge is 0.510 e. The first kappa shape index (κ1) is 29.1. The minimum Gasteiger partial charge on any atom is -0.510 e. The van der Waals surface area contributed by atoms with Crippen LogP contribution in [0.15, 0.2) is 30.0 Å². The number of ether oxygens (including phenoxy) is 1. The van der Waals surface area contributed by atoms with Crippen LogP contribution in [0.1, 0.15) is 43.7 Å². The van der Waals surface area contributed by atoms with Crippen LogP contribution in [0.25, 0.3) is 0 Å². The van der Waals surface area contributed by atoms with E-state index in [4.69, 9.17) is 9.84 Å². The van der Waals surface area contributed by atoms with Crippen LogP contribution in [-0.4, -0.2) is 81.6 Å². The maximum Gasteiger partial charge on any atom is 0.138 e. The summed E-state index contributed by atoms with van der Waals surface area (Å²) in [5.74, 6) is 1.41. The molecule has 9 heteroatoms. The molecule has 184 valence electrons. The molecule has 0 heterocycles. The minimum absolute atomic E-state index is 0.129. The monoisotopic (exact) mass is 489 g/mol. The highest BCUT2D eigenvalue weighted by atomic mass is 32.1. The molecule has 1 rings (SSSR count). The van der Waals surface area contributed by atoms with E-state index in [9.17, 15) is 20.4 Å². The van der Waals surface area contributed by atoms with Gasteiger partial charge in [-0.25, -0.2) is 0 Å². The van der Waals surface area contributed by atoms with Gasteiger partial charge in [0.1, 0.15) is 24.2 Å². The van der Waals surface area contributed by atoms with E-state index in [1.807, 2.05) is 23.1 Å². The average molecular weight is 490 g/mol. The maximum absolute atomic E-state index is 10.4. The Morgan fingerprint density at radius 2 is 1.78 bits per heavy atom. The Morgan fingerprint density at radius 1 is 1.06 bits per heavy atom. The third-order valence-electron chi connectivity index (χ3n) is 5.19. The molecule has 0 bridgehead atoms. The van der Waals surface area contributed by atoms with Crippen molar-refractivity contribution in [2.45, 2.75) is 62.4 Å². The van der Waals surface area contributed by atoms with Gasteiger partial charge in [0.15, 0.2) is 0 Å². The van der Waals surface area contributed by atoms with E-state index in [2.05, 4.69) is 32.2 Å². The molecule has 32 heavy (non-hydrogen) atoms. The van der Waals surface area contributed by atoms with Gasteiger partial charge in [0, 0.05) is 24.6 Å². The van der Waals surface area contributed by atoms with Crippen molar-refractivity contribution in [2.24, 2.45) is 0 Å². The number of nitrogens with zero attached hydrogens (tertiary/aromatic N) is 1. The molecule has 0 aliphatic rings. The van der Waals surface area contributed by atoms with Gasteiger partial charge in [-0.1, -0.05) is 32.3 Å². The first-order valence-corrected chi connectivity index (χ1v) is 12.4. The lowest BCUT2D eigenvalue weighted by atomic mass is 10.1. The Kier molecular flexibility index (Phi) is 15.1. The molecule has 3 atom stereocenters. The van der Waals surface area contributed by atoms with Gasteiger partial charge in [-0.15, -0.1) is 0 Å². The average Bonchev–Trinajstić information content (AvgIpc) is 2.80. The highest BCUT2D eigenvalue weighted by Crippen LogP contribution is 2.21. The third kappa shape index (κ3) is 10.8. The van der Waals surface area contributed by atoms with Crippen molar-refractivity contribution in [3.05, 3.63) is 41.2 Å². The number of hydrogen-bond donors (Lipinski definition) is 7. The number of thiol groups is 2. The Hall–Kier alpha value is -0.940. The normalized spacial score (nSPS) is 15.1. The fraction of sp³-hybridized carbons (Fsp3) is 0.652. The fourth-order valence-corrected chi connectivity index (χ4v) is 3.86. The van der Waals surface area contributed by atoms with E-state index < -0.39 is 30.7 Å². The number of unbranched alkanes of at least 4 members (excludes halogenated alkanes) is 3. The lowest BCUT2D eigenvalue weighted by Gasteiger charge is -2.27. The molecule has 0 fully saturated rings.